The minimum atomic E-state index is -0.170. The second-order valence-electron chi connectivity index (χ2n) is 4.93. The Morgan fingerprint density at radius 3 is 2.33 bits per heavy atom. The highest BCUT2D eigenvalue weighted by atomic mass is 16.5. The van der Waals surface area contributed by atoms with Crippen LogP contribution in [0.15, 0.2) is 61.2 Å². The van der Waals surface area contributed by atoms with Crippen LogP contribution in [-0.4, -0.2) is 25.7 Å². The van der Waals surface area contributed by atoms with Crippen molar-refractivity contribution >= 4 is 17.3 Å². The lowest BCUT2D eigenvalue weighted by molar-refractivity contribution is -0.114. The average molecular weight is 326 g/mol. The number of rotatable bonds is 9. The molecule has 0 heterocycles. The van der Waals surface area contributed by atoms with Crippen molar-refractivity contribution in [1.82, 2.24) is 0 Å². The molecular weight excluding hydrogens is 304 g/mol. The molecule has 2 N–H and O–H groups in total. The Bertz CT molecular complexity index is 686. The van der Waals surface area contributed by atoms with Crippen molar-refractivity contribution in [2.24, 2.45) is 0 Å². The van der Waals surface area contributed by atoms with Gasteiger partial charge in [-0.15, -0.1) is 0 Å². The Morgan fingerprint density at radius 2 is 1.67 bits per heavy atom. The van der Waals surface area contributed by atoms with E-state index >= 15 is 0 Å². The van der Waals surface area contributed by atoms with E-state index in [1.165, 1.54) is 0 Å². The van der Waals surface area contributed by atoms with Crippen LogP contribution in [-0.2, 0) is 4.79 Å². The molecule has 0 unspecified atom stereocenters. The molecule has 24 heavy (non-hydrogen) atoms. The van der Waals surface area contributed by atoms with E-state index in [0.29, 0.717) is 24.7 Å². The Kier molecular flexibility index (Phi) is 6.71. The molecule has 0 aliphatic rings. The number of nitrogens with one attached hydrogen (secondary N) is 2. The fourth-order valence-electron chi connectivity index (χ4n) is 2.11. The summed E-state index contributed by atoms with van der Waals surface area (Å²) in [5.74, 6) is 1.17. The smallest absolute Gasteiger partial charge is 0.243 e. The van der Waals surface area contributed by atoms with Gasteiger partial charge in [0.1, 0.15) is 18.1 Å². The van der Waals surface area contributed by atoms with Crippen LogP contribution in [0.25, 0.3) is 0 Å². The van der Waals surface area contributed by atoms with Crippen molar-refractivity contribution in [3.05, 3.63) is 61.2 Å². The molecule has 0 saturated carbocycles. The normalized spacial score (nSPS) is 9.88. The predicted molar refractivity (Wildman–Crippen MR) is 96.9 cm³/mol. The van der Waals surface area contributed by atoms with E-state index in [1.807, 2.05) is 43.3 Å². The van der Waals surface area contributed by atoms with Gasteiger partial charge in [0.2, 0.25) is 5.91 Å². The van der Waals surface area contributed by atoms with Gasteiger partial charge in [-0.05, 0) is 31.2 Å². The standard InChI is InChI=1S/C19H22N2O3/c1-3-13-24-18-12-8-6-10-16(18)21-19(22)14-20-15-9-5-7-11-17(15)23-4-2/h3,5-12,20H,1,4,13-14H2,2H3,(H,21,22). The quantitative estimate of drug-likeness (QED) is 0.690. The first-order chi connectivity index (χ1) is 11.7. The maximum Gasteiger partial charge on any atom is 0.243 e. The summed E-state index contributed by atoms with van der Waals surface area (Å²) in [5.41, 5.74) is 1.41. The summed E-state index contributed by atoms with van der Waals surface area (Å²) in [6.07, 6.45) is 1.66. The number of anilines is 2. The third-order valence-corrected chi connectivity index (χ3v) is 3.14. The lowest BCUT2D eigenvalue weighted by Gasteiger charge is -2.14. The van der Waals surface area contributed by atoms with Gasteiger partial charge in [0.15, 0.2) is 0 Å². The van der Waals surface area contributed by atoms with Crippen molar-refractivity contribution in [3.63, 3.8) is 0 Å². The molecule has 0 aliphatic heterocycles. The summed E-state index contributed by atoms with van der Waals surface area (Å²) in [7, 11) is 0. The Hall–Kier alpha value is -2.95. The molecule has 0 atom stereocenters. The minimum absolute atomic E-state index is 0.125. The van der Waals surface area contributed by atoms with Crippen LogP contribution in [0, 0.1) is 0 Å². The number of hydrogen-bond donors (Lipinski definition) is 2. The molecule has 0 bridgehead atoms. The van der Waals surface area contributed by atoms with Gasteiger partial charge in [0.05, 0.1) is 24.5 Å². The number of hydrogen-bond acceptors (Lipinski definition) is 4. The predicted octanol–water partition coefficient (Wildman–Crippen LogP) is 3.70. The molecule has 5 heteroatoms. The average Bonchev–Trinajstić information content (AvgIpc) is 2.60. The maximum atomic E-state index is 12.2. The van der Waals surface area contributed by atoms with Gasteiger partial charge in [-0.2, -0.15) is 0 Å². The van der Waals surface area contributed by atoms with E-state index in [0.717, 1.165) is 11.4 Å². The summed E-state index contributed by atoms with van der Waals surface area (Å²) < 4.78 is 11.1. The monoisotopic (exact) mass is 326 g/mol. The van der Waals surface area contributed by atoms with Crippen LogP contribution in [0.5, 0.6) is 11.5 Å². The molecule has 2 aromatic carbocycles. The molecule has 2 aromatic rings. The van der Waals surface area contributed by atoms with E-state index < -0.39 is 0 Å². The highest BCUT2D eigenvalue weighted by Gasteiger charge is 2.08. The third-order valence-electron chi connectivity index (χ3n) is 3.14. The zero-order chi connectivity index (χ0) is 17.2. The molecule has 0 fully saturated rings. The summed E-state index contributed by atoms with van der Waals surface area (Å²) in [6, 6.07) is 14.8. The first-order valence-electron chi connectivity index (χ1n) is 7.83. The number of para-hydroxylation sites is 4. The van der Waals surface area contributed by atoms with Gasteiger partial charge < -0.3 is 20.1 Å². The molecular formula is C19H22N2O3. The van der Waals surface area contributed by atoms with Crippen molar-refractivity contribution in [3.8, 4) is 11.5 Å². The zero-order valence-electron chi connectivity index (χ0n) is 13.7. The van der Waals surface area contributed by atoms with E-state index in [1.54, 1.807) is 18.2 Å². The number of amides is 1. The Balaban J connectivity index is 1.96. The number of benzene rings is 2. The van der Waals surface area contributed by atoms with Crippen molar-refractivity contribution in [2.75, 3.05) is 30.4 Å². The molecule has 0 radical (unpaired) electrons. The third kappa shape index (κ3) is 5.05. The van der Waals surface area contributed by atoms with Gasteiger partial charge in [-0.1, -0.05) is 36.9 Å². The summed E-state index contributed by atoms with van der Waals surface area (Å²) in [4.78, 5) is 12.2. The molecule has 5 nitrogen and oxygen atoms in total. The van der Waals surface area contributed by atoms with Gasteiger partial charge in [0, 0.05) is 0 Å². The summed E-state index contributed by atoms with van der Waals surface area (Å²) in [5, 5.41) is 5.93. The maximum absolute atomic E-state index is 12.2. The van der Waals surface area contributed by atoms with E-state index in [2.05, 4.69) is 17.2 Å². The van der Waals surface area contributed by atoms with Crippen molar-refractivity contribution in [2.45, 2.75) is 6.92 Å². The largest absolute Gasteiger partial charge is 0.492 e. The Labute approximate surface area is 142 Å². The Morgan fingerprint density at radius 1 is 1.04 bits per heavy atom. The van der Waals surface area contributed by atoms with Gasteiger partial charge in [-0.25, -0.2) is 0 Å². The second-order valence-corrected chi connectivity index (χ2v) is 4.93. The fourth-order valence-corrected chi connectivity index (χ4v) is 2.11. The lowest BCUT2D eigenvalue weighted by Crippen LogP contribution is -2.22. The minimum Gasteiger partial charge on any atom is -0.492 e. The molecule has 0 saturated heterocycles. The zero-order valence-corrected chi connectivity index (χ0v) is 13.7. The highest BCUT2D eigenvalue weighted by Crippen LogP contribution is 2.25. The molecule has 2 rings (SSSR count). The van der Waals surface area contributed by atoms with Crippen LogP contribution in [0.4, 0.5) is 11.4 Å². The van der Waals surface area contributed by atoms with Crippen molar-refractivity contribution < 1.29 is 14.3 Å². The lowest BCUT2D eigenvalue weighted by atomic mass is 10.2. The molecule has 0 aromatic heterocycles. The van der Waals surface area contributed by atoms with Crippen LogP contribution < -0.4 is 20.1 Å². The van der Waals surface area contributed by atoms with Gasteiger partial charge in [0.25, 0.3) is 0 Å². The topological polar surface area (TPSA) is 59.6 Å². The van der Waals surface area contributed by atoms with E-state index in [4.69, 9.17) is 9.47 Å². The second kappa shape index (κ2) is 9.25. The van der Waals surface area contributed by atoms with Crippen LogP contribution in [0.3, 0.4) is 0 Å². The first kappa shape index (κ1) is 17.4. The molecule has 1 amide bonds. The summed E-state index contributed by atoms with van der Waals surface area (Å²) in [6.45, 7) is 6.61. The molecule has 0 aliphatic carbocycles. The number of carbonyl (C=O) groups is 1. The SMILES string of the molecule is C=CCOc1ccccc1NC(=O)CNc1ccccc1OCC. The van der Waals surface area contributed by atoms with E-state index in [-0.39, 0.29) is 12.5 Å². The highest BCUT2D eigenvalue weighted by molar-refractivity contribution is 5.95. The van der Waals surface area contributed by atoms with Crippen molar-refractivity contribution in [1.29, 1.82) is 0 Å². The van der Waals surface area contributed by atoms with Crippen LogP contribution >= 0.6 is 0 Å². The summed E-state index contributed by atoms with van der Waals surface area (Å²) >= 11 is 0. The van der Waals surface area contributed by atoms with Crippen LogP contribution in [0.2, 0.25) is 0 Å². The number of ether oxygens (including phenoxy) is 2. The van der Waals surface area contributed by atoms with Gasteiger partial charge >= 0.3 is 0 Å². The first-order valence-corrected chi connectivity index (χ1v) is 7.83. The molecule has 126 valence electrons. The fraction of sp³-hybridized carbons (Fsp3) is 0.211. The van der Waals surface area contributed by atoms with Crippen LogP contribution in [0.1, 0.15) is 6.92 Å². The number of carbonyl (C=O) groups excluding carboxylic acids is 1. The molecule has 0 spiro atoms. The van der Waals surface area contributed by atoms with Gasteiger partial charge in [-0.3, -0.25) is 4.79 Å². The van der Waals surface area contributed by atoms with E-state index in [9.17, 15) is 4.79 Å².